The van der Waals surface area contributed by atoms with Crippen LogP contribution in [-0.2, 0) is 22.5 Å². The molecule has 0 rings (SSSR count). The number of nitrogens with two attached hydrogens (primary N) is 1. The Balaban J connectivity index is 0. The number of amides is 1. The molecule has 2 N–H and O–H groups in total. The van der Waals surface area contributed by atoms with E-state index in [0.29, 0.717) is 0 Å². The maximum absolute atomic E-state index is 9.47. The zero-order valence-electron chi connectivity index (χ0n) is 22.3. The summed E-state index contributed by atoms with van der Waals surface area (Å²) in [4.78, 5) is 9.47. The van der Waals surface area contributed by atoms with Crippen LogP contribution in [0.25, 0.3) is 0 Å². The van der Waals surface area contributed by atoms with Crippen LogP contribution in [0.15, 0.2) is 12.7 Å². The van der Waals surface area contributed by atoms with Gasteiger partial charge in [0, 0.05) is 6.42 Å². The fourth-order valence-electron chi connectivity index (χ4n) is 3.84. The van der Waals surface area contributed by atoms with Crippen molar-refractivity contribution in [3.63, 3.8) is 0 Å². The van der Waals surface area contributed by atoms with E-state index in [1.165, 1.54) is 0 Å². The molecule has 0 unspecified atom stereocenters. The summed E-state index contributed by atoms with van der Waals surface area (Å²) in [5.41, 5.74) is 3.84. The van der Waals surface area contributed by atoms with Gasteiger partial charge in [0.2, 0.25) is 5.91 Å². The quantitative estimate of drug-likeness (QED) is 0.210. The lowest BCUT2D eigenvalue weighted by Gasteiger charge is -2.58. The molecule has 0 aliphatic carbocycles. The number of carbonyl (C=O) groups is 1. The highest BCUT2D eigenvalue weighted by molar-refractivity contribution is 6.81. The minimum atomic E-state index is -1.98. The SMILES string of the molecule is C=CC(N)=O.CCC[Si](C)(C)C(O[SiH](C)C)(O[SiH](C)C)C(CC)(O[SiH](C)C)O[SiH](C)C. The minimum Gasteiger partial charge on any atom is -0.394 e. The first-order valence-electron chi connectivity index (χ1n) is 11.7. The molecule has 0 aromatic carbocycles. The first-order valence-corrected chi connectivity index (χ1v) is 26.0. The maximum atomic E-state index is 9.47. The molecule has 6 nitrogen and oxygen atoms in total. The number of rotatable bonds is 14. The van der Waals surface area contributed by atoms with Gasteiger partial charge in [-0.3, -0.25) is 4.79 Å². The van der Waals surface area contributed by atoms with Crippen molar-refractivity contribution in [3.8, 4) is 0 Å². The van der Waals surface area contributed by atoms with Crippen molar-refractivity contribution in [2.75, 3.05) is 0 Å². The fraction of sp³-hybridized carbons (Fsp3) is 0.850. The van der Waals surface area contributed by atoms with Gasteiger partial charge in [-0.2, -0.15) is 0 Å². The van der Waals surface area contributed by atoms with E-state index in [1.54, 1.807) is 0 Å². The van der Waals surface area contributed by atoms with E-state index in [1.807, 2.05) is 0 Å². The second-order valence-corrected chi connectivity index (χ2v) is 23.9. The van der Waals surface area contributed by atoms with Gasteiger partial charge in [-0.05, 0) is 58.5 Å². The van der Waals surface area contributed by atoms with Gasteiger partial charge in [0.05, 0.1) is 0 Å². The lowest BCUT2D eigenvalue weighted by atomic mass is 10.2. The molecule has 0 bridgehead atoms. The molecule has 0 atom stereocenters. The van der Waals surface area contributed by atoms with Gasteiger partial charge in [0.15, 0.2) is 47.4 Å². The smallest absolute Gasteiger partial charge is 0.240 e. The molecule has 0 saturated heterocycles. The molecule has 31 heavy (non-hydrogen) atoms. The molecule has 0 fully saturated rings. The van der Waals surface area contributed by atoms with Crippen LogP contribution in [-0.4, -0.2) is 61.3 Å². The normalized spacial score (nSPS) is 13.0. The van der Waals surface area contributed by atoms with Crippen LogP contribution < -0.4 is 5.73 Å². The summed E-state index contributed by atoms with van der Waals surface area (Å²) in [7, 11) is -7.47. The Morgan fingerprint density at radius 3 is 1.39 bits per heavy atom. The van der Waals surface area contributed by atoms with E-state index >= 15 is 0 Å². The van der Waals surface area contributed by atoms with Crippen LogP contribution in [0.2, 0.25) is 71.5 Å². The molecule has 0 spiro atoms. The summed E-state index contributed by atoms with van der Waals surface area (Å²) in [6.45, 7) is 30.3. The Labute approximate surface area is 200 Å². The third-order valence-electron chi connectivity index (χ3n) is 4.59. The lowest BCUT2D eigenvalue weighted by Crippen LogP contribution is -2.75. The Bertz CT molecular complexity index is 510. The van der Waals surface area contributed by atoms with Crippen LogP contribution in [0.3, 0.4) is 0 Å². The molecular weight excluding hydrogens is 475 g/mol. The summed E-state index contributed by atoms with van der Waals surface area (Å²) in [5.74, 6) is -1.22. The standard InChI is InChI=1S/C17H46O4Si5.C3H5NO/c1-13-15-26(11,12)17(20-24(7)8,21-25(9)10)16(14-2,18-22(3)4)19-23(5)6;1-2-3(4)5/h22-25H,13-15H2,1-12H3;2H,1H2,(H2,4,5). The van der Waals surface area contributed by atoms with E-state index in [4.69, 9.17) is 17.7 Å². The zero-order valence-corrected chi connectivity index (χ0v) is 28.0. The molecule has 0 aromatic heterocycles. The van der Waals surface area contributed by atoms with E-state index in [-0.39, 0.29) is 0 Å². The van der Waals surface area contributed by atoms with Crippen molar-refractivity contribution in [2.45, 2.75) is 109 Å². The van der Waals surface area contributed by atoms with Crippen molar-refractivity contribution < 1.29 is 22.5 Å². The predicted molar refractivity (Wildman–Crippen MR) is 148 cm³/mol. The molecule has 0 radical (unpaired) electrons. The second kappa shape index (κ2) is 15.1. The highest BCUT2D eigenvalue weighted by Crippen LogP contribution is 2.46. The zero-order chi connectivity index (χ0) is 25.0. The van der Waals surface area contributed by atoms with Gasteiger partial charge >= 0.3 is 0 Å². The molecule has 0 aliphatic heterocycles. The topological polar surface area (TPSA) is 80.0 Å². The fourth-order valence-corrected chi connectivity index (χ4v) is 15.2. The van der Waals surface area contributed by atoms with Crippen molar-refractivity contribution >= 4 is 50.1 Å². The molecular formula is C20H51NO5Si5. The first-order chi connectivity index (χ1) is 14.1. The Morgan fingerprint density at radius 1 is 0.871 bits per heavy atom. The van der Waals surface area contributed by atoms with Gasteiger partial charge < -0.3 is 23.4 Å². The molecule has 1 amide bonds. The molecule has 0 aromatic rings. The monoisotopic (exact) mass is 525 g/mol. The summed E-state index contributed by atoms with van der Waals surface area (Å²) < 4.78 is 27.4. The van der Waals surface area contributed by atoms with Gasteiger partial charge in [0.25, 0.3) is 0 Å². The summed E-state index contributed by atoms with van der Waals surface area (Å²) in [5, 5.41) is 0. The predicted octanol–water partition coefficient (Wildman–Crippen LogP) is 4.10. The van der Waals surface area contributed by atoms with Gasteiger partial charge in [-0.25, -0.2) is 0 Å². The average molecular weight is 526 g/mol. The Morgan fingerprint density at radius 2 is 1.19 bits per heavy atom. The van der Waals surface area contributed by atoms with Crippen LogP contribution in [0.1, 0.15) is 26.7 Å². The number of primary amides is 1. The van der Waals surface area contributed by atoms with E-state index in [2.05, 4.69) is 91.6 Å². The largest absolute Gasteiger partial charge is 0.394 e. The number of hydrogen-bond donors (Lipinski definition) is 1. The maximum Gasteiger partial charge on any atom is 0.240 e. The van der Waals surface area contributed by atoms with Crippen LogP contribution in [0, 0.1) is 0 Å². The second-order valence-electron chi connectivity index (χ2n) is 9.63. The summed E-state index contributed by atoms with van der Waals surface area (Å²) in [6, 6.07) is 1.16. The van der Waals surface area contributed by atoms with Crippen molar-refractivity contribution in [1.29, 1.82) is 0 Å². The number of hydrogen-bond acceptors (Lipinski definition) is 5. The average Bonchev–Trinajstić information content (AvgIpc) is 2.58. The molecule has 186 valence electrons. The van der Waals surface area contributed by atoms with E-state index in [0.717, 1.165) is 25.0 Å². The summed E-state index contributed by atoms with van der Waals surface area (Å²) >= 11 is 0. The Kier molecular flexibility index (Phi) is 16.2. The van der Waals surface area contributed by atoms with Crippen molar-refractivity contribution in [2.24, 2.45) is 5.73 Å². The third-order valence-corrected chi connectivity index (χ3v) is 12.5. The molecule has 0 aliphatic rings. The Hall–Kier alpha value is 0.134. The van der Waals surface area contributed by atoms with Crippen molar-refractivity contribution in [1.82, 2.24) is 0 Å². The minimum absolute atomic E-state index is 0.481. The molecule has 0 heterocycles. The highest BCUT2D eigenvalue weighted by Gasteiger charge is 2.64. The first kappa shape index (κ1) is 33.3. The highest BCUT2D eigenvalue weighted by atomic mass is 28.3. The van der Waals surface area contributed by atoms with Crippen LogP contribution in [0.5, 0.6) is 0 Å². The third kappa shape index (κ3) is 10.7. The lowest BCUT2D eigenvalue weighted by molar-refractivity contribution is -0.278. The molecule has 11 heteroatoms. The van der Waals surface area contributed by atoms with E-state index < -0.39 is 61.3 Å². The molecule has 0 saturated carbocycles. The van der Waals surface area contributed by atoms with Gasteiger partial charge in [-0.1, -0.05) is 46.0 Å². The van der Waals surface area contributed by atoms with Crippen molar-refractivity contribution in [3.05, 3.63) is 12.7 Å². The summed E-state index contributed by atoms with van der Waals surface area (Å²) in [6.07, 6.45) is 2.98. The van der Waals surface area contributed by atoms with Crippen LogP contribution in [0.4, 0.5) is 0 Å². The van der Waals surface area contributed by atoms with Gasteiger partial charge in [0.1, 0.15) is 8.07 Å². The van der Waals surface area contributed by atoms with Gasteiger partial charge in [-0.15, -0.1) is 0 Å². The van der Waals surface area contributed by atoms with E-state index in [9.17, 15) is 4.79 Å². The van der Waals surface area contributed by atoms with Crippen LogP contribution >= 0.6 is 0 Å². The number of carbonyl (C=O) groups excluding carboxylic acids is 1.